The molecule has 108 valence electrons. The summed E-state index contributed by atoms with van der Waals surface area (Å²) in [5.41, 5.74) is 1.99. The molecule has 3 rings (SSSR count). The maximum Gasteiger partial charge on any atom is 0.160 e. The van der Waals surface area contributed by atoms with E-state index in [2.05, 4.69) is 21.3 Å². The number of nitrogens with zero attached hydrogens (tertiary/aromatic N) is 3. The first-order valence-corrected chi connectivity index (χ1v) is 8.34. The molecule has 4 nitrogen and oxygen atoms in total. The van der Waals surface area contributed by atoms with E-state index in [9.17, 15) is 0 Å². The Balaban J connectivity index is 1.87. The molecule has 1 fully saturated rings. The molecule has 20 heavy (non-hydrogen) atoms. The van der Waals surface area contributed by atoms with Gasteiger partial charge in [-0.15, -0.1) is 0 Å². The molecule has 1 unspecified atom stereocenters. The van der Waals surface area contributed by atoms with Crippen LogP contribution >= 0.6 is 11.8 Å². The second-order valence-electron chi connectivity index (χ2n) is 5.21. The number of hydrogen-bond acceptors (Lipinski definition) is 4. The normalized spacial score (nSPS) is 19.6. The summed E-state index contributed by atoms with van der Waals surface area (Å²) in [6, 6.07) is 4.00. The number of fused-ring (bicyclic) bond motifs is 1. The van der Waals surface area contributed by atoms with Gasteiger partial charge in [-0.05, 0) is 30.7 Å². The summed E-state index contributed by atoms with van der Waals surface area (Å²) in [5, 5.41) is 0.710. The van der Waals surface area contributed by atoms with Gasteiger partial charge in [-0.1, -0.05) is 6.42 Å². The van der Waals surface area contributed by atoms with Crippen LogP contribution in [0.25, 0.3) is 11.2 Å². The third kappa shape index (κ3) is 2.99. The van der Waals surface area contributed by atoms with Crippen molar-refractivity contribution in [3.63, 3.8) is 0 Å². The fourth-order valence-corrected chi connectivity index (χ4v) is 4.06. The zero-order valence-corrected chi connectivity index (χ0v) is 12.7. The Kier molecular flexibility index (Phi) is 4.58. The number of rotatable bonds is 5. The molecule has 2 aromatic heterocycles. The molecular weight excluding hydrogens is 270 g/mol. The van der Waals surface area contributed by atoms with E-state index in [4.69, 9.17) is 9.72 Å². The molecule has 1 atom stereocenters. The van der Waals surface area contributed by atoms with Crippen LogP contribution in [0.1, 0.15) is 25.1 Å². The second kappa shape index (κ2) is 6.59. The highest BCUT2D eigenvalue weighted by molar-refractivity contribution is 7.99. The lowest BCUT2D eigenvalue weighted by atomic mass is 10.1. The van der Waals surface area contributed by atoms with Gasteiger partial charge in [0.2, 0.25) is 0 Å². The Labute approximate surface area is 123 Å². The molecule has 1 saturated heterocycles. The van der Waals surface area contributed by atoms with Crippen molar-refractivity contribution < 1.29 is 4.74 Å². The van der Waals surface area contributed by atoms with Crippen LogP contribution < -0.4 is 0 Å². The zero-order valence-electron chi connectivity index (χ0n) is 11.9. The lowest BCUT2D eigenvalue weighted by Gasteiger charge is -2.21. The van der Waals surface area contributed by atoms with Crippen LogP contribution in [-0.2, 0) is 17.7 Å². The van der Waals surface area contributed by atoms with E-state index in [-0.39, 0.29) is 0 Å². The quantitative estimate of drug-likeness (QED) is 0.849. The van der Waals surface area contributed by atoms with Gasteiger partial charge in [0, 0.05) is 31.5 Å². The standard InChI is InChI=1S/C15H21N3OS/c1-19-9-8-18-14(11-12-5-2-3-10-20-12)17-13-6-4-7-16-15(13)18/h4,6-7,12H,2-3,5,8-11H2,1H3. The number of hydrogen-bond donors (Lipinski definition) is 0. The summed E-state index contributed by atoms with van der Waals surface area (Å²) in [5.74, 6) is 2.46. The van der Waals surface area contributed by atoms with Crippen LogP contribution in [0.3, 0.4) is 0 Å². The number of aromatic nitrogens is 3. The molecule has 0 aliphatic carbocycles. The van der Waals surface area contributed by atoms with Crippen molar-refractivity contribution in [2.24, 2.45) is 0 Å². The zero-order chi connectivity index (χ0) is 13.8. The summed E-state index contributed by atoms with van der Waals surface area (Å²) >= 11 is 2.10. The Morgan fingerprint density at radius 3 is 3.20 bits per heavy atom. The van der Waals surface area contributed by atoms with Gasteiger partial charge >= 0.3 is 0 Å². The van der Waals surface area contributed by atoms with Crippen LogP contribution in [0.2, 0.25) is 0 Å². The summed E-state index contributed by atoms with van der Waals surface area (Å²) < 4.78 is 7.46. The first-order valence-electron chi connectivity index (χ1n) is 7.29. The topological polar surface area (TPSA) is 39.9 Å². The van der Waals surface area contributed by atoms with Crippen molar-refractivity contribution in [1.29, 1.82) is 0 Å². The molecule has 3 heterocycles. The first kappa shape index (κ1) is 13.9. The molecule has 0 bridgehead atoms. The van der Waals surface area contributed by atoms with Gasteiger partial charge in [-0.2, -0.15) is 11.8 Å². The van der Waals surface area contributed by atoms with Gasteiger partial charge in [-0.3, -0.25) is 0 Å². The van der Waals surface area contributed by atoms with Crippen LogP contribution in [0.4, 0.5) is 0 Å². The molecule has 5 heteroatoms. The highest BCUT2D eigenvalue weighted by Gasteiger charge is 2.19. The Morgan fingerprint density at radius 2 is 2.40 bits per heavy atom. The lowest BCUT2D eigenvalue weighted by molar-refractivity contribution is 0.187. The summed E-state index contributed by atoms with van der Waals surface area (Å²) in [6.07, 6.45) is 6.92. The van der Waals surface area contributed by atoms with Crippen LogP contribution in [0, 0.1) is 0 Å². The van der Waals surface area contributed by atoms with E-state index in [1.165, 1.54) is 25.0 Å². The van der Waals surface area contributed by atoms with E-state index in [0.29, 0.717) is 11.9 Å². The lowest BCUT2D eigenvalue weighted by Crippen LogP contribution is -2.17. The molecular formula is C15H21N3OS. The predicted octanol–water partition coefficient (Wildman–Crippen LogP) is 2.91. The van der Waals surface area contributed by atoms with Crippen molar-refractivity contribution in [3.8, 4) is 0 Å². The summed E-state index contributed by atoms with van der Waals surface area (Å²) in [7, 11) is 1.74. The van der Waals surface area contributed by atoms with Gasteiger partial charge in [-0.25, -0.2) is 9.97 Å². The fourth-order valence-electron chi connectivity index (χ4n) is 2.75. The summed E-state index contributed by atoms with van der Waals surface area (Å²) in [4.78, 5) is 9.28. The molecule has 0 amide bonds. The molecule has 0 N–H and O–H groups in total. The number of ether oxygens (including phenoxy) is 1. The van der Waals surface area contributed by atoms with E-state index in [1.807, 2.05) is 18.3 Å². The fraction of sp³-hybridized carbons (Fsp3) is 0.600. The molecule has 0 saturated carbocycles. The SMILES string of the molecule is COCCn1c(CC2CCCCS2)nc2cccnc21. The monoisotopic (exact) mass is 291 g/mol. The third-order valence-electron chi connectivity index (χ3n) is 3.79. The predicted molar refractivity (Wildman–Crippen MR) is 83.2 cm³/mol. The third-order valence-corrected chi connectivity index (χ3v) is 5.18. The van der Waals surface area contributed by atoms with Crippen molar-refractivity contribution in [3.05, 3.63) is 24.2 Å². The van der Waals surface area contributed by atoms with Crippen molar-refractivity contribution in [2.45, 2.75) is 37.5 Å². The van der Waals surface area contributed by atoms with E-state index >= 15 is 0 Å². The Morgan fingerprint density at radius 1 is 1.45 bits per heavy atom. The van der Waals surface area contributed by atoms with Crippen molar-refractivity contribution in [2.75, 3.05) is 19.5 Å². The van der Waals surface area contributed by atoms with Gasteiger partial charge in [0.1, 0.15) is 11.3 Å². The van der Waals surface area contributed by atoms with Crippen molar-refractivity contribution in [1.82, 2.24) is 14.5 Å². The average molecular weight is 291 g/mol. The number of imidazole rings is 1. The average Bonchev–Trinajstić information content (AvgIpc) is 2.83. The van der Waals surface area contributed by atoms with Gasteiger partial charge in [0.25, 0.3) is 0 Å². The maximum absolute atomic E-state index is 5.23. The van der Waals surface area contributed by atoms with Crippen LogP contribution in [0.15, 0.2) is 18.3 Å². The molecule has 0 spiro atoms. The van der Waals surface area contributed by atoms with Gasteiger partial charge in [0.15, 0.2) is 5.65 Å². The minimum Gasteiger partial charge on any atom is -0.383 e. The Hall–Kier alpha value is -1.07. The van der Waals surface area contributed by atoms with E-state index < -0.39 is 0 Å². The minimum atomic E-state index is 0.701. The summed E-state index contributed by atoms with van der Waals surface area (Å²) in [6.45, 7) is 1.53. The van der Waals surface area contributed by atoms with E-state index in [0.717, 1.165) is 30.0 Å². The maximum atomic E-state index is 5.23. The molecule has 0 radical (unpaired) electrons. The van der Waals surface area contributed by atoms with Crippen LogP contribution in [-0.4, -0.2) is 39.3 Å². The largest absolute Gasteiger partial charge is 0.383 e. The number of thioether (sulfide) groups is 1. The highest BCUT2D eigenvalue weighted by Crippen LogP contribution is 2.28. The van der Waals surface area contributed by atoms with Crippen molar-refractivity contribution >= 4 is 22.9 Å². The van der Waals surface area contributed by atoms with Gasteiger partial charge < -0.3 is 9.30 Å². The molecule has 2 aromatic rings. The van der Waals surface area contributed by atoms with Gasteiger partial charge in [0.05, 0.1) is 6.61 Å². The molecule has 1 aliphatic heterocycles. The smallest absolute Gasteiger partial charge is 0.160 e. The van der Waals surface area contributed by atoms with E-state index in [1.54, 1.807) is 7.11 Å². The highest BCUT2D eigenvalue weighted by atomic mass is 32.2. The first-order chi connectivity index (χ1) is 9.88. The second-order valence-corrected chi connectivity index (χ2v) is 6.62. The number of pyridine rings is 1. The minimum absolute atomic E-state index is 0.701. The molecule has 0 aromatic carbocycles. The Bertz CT molecular complexity index is 563. The van der Waals surface area contributed by atoms with Crippen LogP contribution in [0.5, 0.6) is 0 Å². The number of methoxy groups -OCH3 is 1. The molecule has 1 aliphatic rings.